The van der Waals surface area contributed by atoms with Crippen LogP contribution in [0.25, 0.3) is 0 Å². The molecule has 1 saturated carbocycles. The standard InChI is InChI=1S/C15H23N3/c1-2-4-8-12(7-3-1)18-15-13-9-5-6-10-14(13)16-11-17-15/h11-12H,1-10H2,(H,16,17,18). The van der Waals surface area contributed by atoms with E-state index in [9.17, 15) is 0 Å². The lowest BCUT2D eigenvalue weighted by Gasteiger charge is -2.22. The lowest BCUT2D eigenvalue weighted by atomic mass is 9.96. The summed E-state index contributed by atoms with van der Waals surface area (Å²) in [5, 5.41) is 3.70. The Morgan fingerprint density at radius 3 is 2.50 bits per heavy atom. The maximum absolute atomic E-state index is 4.49. The van der Waals surface area contributed by atoms with Gasteiger partial charge in [-0.15, -0.1) is 0 Å². The van der Waals surface area contributed by atoms with Gasteiger partial charge in [0.15, 0.2) is 0 Å². The number of fused-ring (bicyclic) bond motifs is 1. The van der Waals surface area contributed by atoms with E-state index in [-0.39, 0.29) is 0 Å². The third-order valence-electron chi connectivity index (χ3n) is 4.32. The summed E-state index contributed by atoms with van der Waals surface area (Å²) in [4.78, 5) is 8.93. The minimum atomic E-state index is 0.633. The molecule has 3 heteroatoms. The zero-order valence-electron chi connectivity index (χ0n) is 11.1. The normalized spacial score (nSPS) is 21.1. The number of nitrogens with one attached hydrogen (secondary N) is 1. The van der Waals surface area contributed by atoms with E-state index < -0.39 is 0 Å². The van der Waals surface area contributed by atoms with Crippen LogP contribution in [0.5, 0.6) is 0 Å². The predicted molar refractivity (Wildman–Crippen MR) is 73.8 cm³/mol. The van der Waals surface area contributed by atoms with Crippen molar-refractivity contribution in [2.45, 2.75) is 70.3 Å². The molecule has 1 aromatic rings. The van der Waals surface area contributed by atoms with E-state index in [1.54, 1.807) is 6.33 Å². The minimum Gasteiger partial charge on any atom is -0.367 e. The van der Waals surface area contributed by atoms with Crippen LogP contribution >= 0.6 is 0 Å². The van der Waals surface area contributed by atoms with E-state index >= 15 is 0 Å². The van der Waals surface area contributed by atoms with Crippen LogP contribution in [-0.2, 0) is 12.8 Å². The van der Waals surface area contributed by atoms with Gasteiger partial charge in [0.2, 0.25) is 0 Å². The Labute approximate surface area is 109 Å². The lowest BCUT2D eigenvalue weighted by molar-refractivity contribution is 0.610. The van der Waals surface area contributed by atoms with Gasteiger partial charge >= 0.3 is 0 Å². The fourth-order valence-electron chi connectivity index (χ4n) is 3.26. The molecular formula is C15H23N3. The van der Waals surface area contributed by atoms with Gasteiger partial charge in [0.05, 0.1) is 0 Å². The van der Waals surface area contributed by atoms with Crippen molar-refractivity contribution in [2.24, 2.45) is 0 Å². The van der Waals surface area contributed by atoms with Crippen molar-refractivity contribution in [3.8, 4) is 0 Å². The van der Waals surface area contributed by atoms with Gasteiger partial charge in [0.25, 0.3) is 0 Å². The van der Waals surface area contributed by atoms with Crippen molar-refractivity contribution in [1.29, 1.82) is 0 Å². The zero-order chi connectivity index (χ0) is 12.2. The highest BCUT2D eigenvalue weighted by molar-refractivity contribution is 5.47. The molecule has 0 radical (unpaired) electrons. The molecule has 98 valence electrons. The van der Waals surface area contributed by atoms with Gasteiger partial charge in [0.1, 0.15) is 12.1 Å². The Morgan fingerprint density at radius 1 is 0.889 bits per heavy atom. The van der Waals surface area contributed by atoms with Crippen molar-refractivity contribution >= 4 is 5.82 Å². The number of rotatable bonds is 2. The number of hydrogen-bond acceptors (Lipinski definition) is 3. The number of anilines is 1. The number of aryl methyl sites for hydroxylation is 1. The van der Waals surface area contributed by atoms with Crippen LogP contribution in [0.1, 0.15) is 62.6 Å². The average Bonchev–Trinajstić information content (AvgIpc) is 2.68. The Hall–Kier alpha value is -1.12. The zero-order valence-corrected chi connectivity index (χ0v) is 11.1. The first-order valence-electron chi connectivity index (χ1n) is 7.53. The molecule has 0 unspecified atom stereocenters. The minimum absolute atomic E-state index is 0.633. The second-order valence-electron chi connectivity index (χ2n) is 5.69. The van der Waals surface area contributed by atoms with Crippen LogP contribution in [0.15, 0.2) is 6.33 Å². The molecule has 3 rings (SSSR count). The van der Waals surface area contributed by atoms with Crippen molar-refractivity contribution < 1.29 is 0 Å². The molecule has 0 amide bonds. The van der Waals surface area contributed by atoms with Crippen LogP contribution in [0.3, 0.4) is 0 Å². The van der Waals surface area contributed by atoms with Gasteiger partial charge in [-0.05, 0) is 38.5 Å². The highest BCUT2D eigenvalue weighted by Crippen LogP contribution is 2.27. The molecule has 1 N–H and O–H groups in total. The molecule has 3 nitrogen and oxygen atoms in total. The molecule has 1 fully saturated rings. The van der Waals surface area contributed by atoms with E-state index in [0.717, 1.165) is 18.7 Å². The summed E-state index contributed by atoms with van der Waals surface area (Å²) in [6.07, 6.45) is 14.8. The molecule has 18 heavy (non-hydrogen) atoms. The Morgan fingerprint density at radius 2 is 1.67 bits per heavy atom. The smallest absolute Gasteiger partial charge is 0.133 e. The van der Waals surface area contributed by atoms with Crippen molar-refractivity contribution in [3.05, 3.63) is 17.6 Å². The highest BCUT2D eigenvalue weighted by Gasteiger charge is 2.18. The molecule has 2 aliphatic rings. The summed E-state index contributed by atoms with van der Waals surface area (Å²) in [5.41, 5.74) is 2.68. The quantitative estimate of drug-likeness (QED) is 0.810. The van der Waals surface area contributed by atoms with Gasteiger partial charge in [0, 0.05) is 17.3 Å². The molecule has 2 aliphatic carbocycles. The molecule has 0 bridgehead atoms. The SMILES string of the molecule is c1nc2c(c(NC3CCCCCC3)n1)CCCC2. The van der Waals surface area contributed by atoms with Crippen molar-refractivity contribution in [3.63, 3.8) is 0 Å². The number of nitrogens with zero attached hydrogens (tertiary/aromatic N) is 2. The Bertz CT molecular complexity index is 395. The molecule has 1 aromatic heterocycles. The van der Waals surface area contributed by atoms with Gasteiger partial charge < -0.3 is 5.32 Å². The summed E-state index contributed by atoms with van der Waals surface area (Å²) in [7, 11) is 0. The second kappa shape index (κ2) is 5.68. The Kier molecular flexibility index (Phi) is 3.77. The van der Waals surface area contributed by atoms with Gasteiger partial charge in [-0.1, -0.05) is 25.7 Å². The van der Waals surface area contributed by atoms with Crippen molar-refractivity contribution in [2.75, 3.05) is 5.32 Å². The van der Waals surface area contributed by atoms with Crippen LogP contribution < -0.4 is 5.32 Å². The van der Waals surface area contributed by atoms with E-state index in [4.69, 9.17) is 0 Å². The summed E-state index contributed by atoms with van der Waals surface area (Å²) in [6.45, 7) is 0. The molecule has 1 heterocycles. The van der Waals surface area contributed by atoms with E-state index in [0.29, 0.717) is 6.04 Å². The molecule has 0 aromatic carbocycles. The van der Waals surface area contributed by atoms with Gasteiger partial charge in [-0.3, -0.25) is 0 Å². The maximum atomic E-state index is 4.49. The fraction of sp³-hybridized carbons (Fsp3) is 0.733. The van der Waals surface area contributed by atoms with Gasteiger partial charge in [-0.25, -0.2) is 9.97 Å². The van der Waals surface area contributed by atoms with E-state index in [2.05, 4.69) is 15.3 Å². The maximum Gasteiger partial charge on any atom is 0.133 e. The third kappa shape index (κ3) is 2.65. The van der Waals surface area contributed by atoms with E-state index in [1.165, 1.54) is 62.6 Å². The topological polar surface area (TPSA) is 37.8 Å². The first-order chi connectivity index (χ1) is 8.93. The molecule has 0 saturated heterocycles. The highest BCUT2D eigenvalue weighted by atomic mass is 15.0. The fourth-order valence-corrected chi connectivity index (χ4v) is 3.26. The summed E-state index contributed by atoms with van der Waals surface area (Å²) < 4.78 is 0. The first-order valence-corrected chi connectivity index (χ1v) is 7.53. The van der Waals surface area contributed by atoms with Crippen LogP contribution in [0, 0.1) is 0 Å². The third-order valence-corrected chi connectivity index (χ3v) is 4.32. The predicted octanol–water partition coefficient (Wildman–Crippen LogP) is 3.49. The molecule has 0 aliphatic heterocycles. The molecular weight excluding hydrogens is 222 g/mol. The molecule has 0 atom stereocenters. The largest absolute Gasteiger partial charge is 0.367 e. The number of aromatic nitrogens is 2. The van der Waals surface area contributed by atoms with Crippen LogP contribution in [0.2, 0.25) is 0 Å². The first kappa shape index (κ1) is 11.9. The summed E-state index contributed by atoms with van der Waals surface area (Å²) >= 11 is 0. The average molecular weight is 245 g/mol. The van der Waals surface area contributed by atoms with Crippen LogP contribution in [0.4, 0.5) is 5.82 Å². The van der Waals surface area contributed by atoms with Gasteiger partial charge in [-0.2, -0.15) is 0 Å². The summed E-state index contributed by atoms with van der Waals surface area (Å²) in [5.74, 6) is 1.13. The monoisotopic (exact) mass is 245 g/mol. The Balaban J connectivity index is 1.75. The van der Waals surface area contributed by atoms with Crippen LogP contribution in [-0.4, -0.2) is 16.0 Å². The second-order valence-corrected chi connectivity index (χ2v) is 5.69. The summed E-state index contributed by atoms with van der Waals surface area (Å²) in [6, 6.07) is 0.633. The number of hydrogen-bond donors (Lipinski definition) is 1. The van der Waals surface area contributed by atoms with E-state index in [1.807, 2.05) is 0 Å². The lowest BCUT2D eigenvalue weighted by Crippen LogP contribution is -2.21. The molecule has 0 spiro atoms. The van der Waals surface area contributed by atoms with Crippen molar-refractivity contribution in [1.82, 2.24) is 9.97 Å².